The maximum absolute atomic E-state index is 12.3. The molecule has 2 heterocycles. The fourth-order valence-corrected chi connectivity index (χ4v) is 2.02. The quantitative estimate of drug-likeness (QED) is 0.798. The van der Waals surface area contributed by atoms with E-state index in [2.05, 4.69) is 20.4 Å². The summed E-state index contributed by atoms with van der Waals surface area (Å²) in [6.45, 7) is 0.258. The molecule has 1 atom stereocenters. The lowest BCUT2D eigenvalue weighted by Crippen LogP contribution is -2.29. The van der Waals surface area contributed by atoms with Gasteiger partial charge in [-0.2, -0.15) is 10.1 Å². The summed E-state index contributed by atoms with van der Waals surface area (Å²) in [5, 5.41) is 5.95. The van der Waals surface area contributed by atoms with Gasteiger partial charge in [-0.1, -0.05) is 0 Å². The smallest absolute Gasteiger partial charge is 0.244 e. The molecule has 0 aliphatic carbocycles. The predicted molar refractivity (Wildman–Crippen MR) is 83.4 cm³/mol. The van der Waals surface area contributed by atoms with Gasteiger partial charge in [-0.25, -0.2) is 4.98 Å². The highest BCUT2D eigenvalue weighted by Crippen LogP contribution is 2.30. The van der Waals surface area contributed by atoms with Gasteiger partial charge in [0.05, 0.1) is 13.7 Å². The maximum atomic E-state index is 12.3. The van der Waals surface area contributed by atoms with Gasteiger partial charge in [0.2, 0.25) is 11.8 Å². The fraction of sp³-hybridized carbons (Fsp3) is 0.385. The summed E-state index contributed by atoms with van der Waals surface area (Å²) in [5.74, 6) is 0.423. The van der Waals surface area contributed by atoms with Crippen LogP contribution in [0.15, 0.2) is 24.8 Å². The number of nitrogens with zero attached hydrogens (tertiary/aromatic N) is 5. The molecule has 0 spiro atoms. The van der Waals surface area contributed by atoms with E-state index < -0.39 is 5.38 Å². The summed E-state index contributed by atoms with van der Waals surface area (Å²) in [5.41, 5.74) is 0.381. The van der Waals surface area contributed by atoms with Crippen LogP contribution in [0.25, 0.3) is 0 Å². The van der Waals surface area contributed by atoms with E-state index in [4.69, 9.17) is 16.3 Å². The number of carbonyl (C=O) groups excluding carboxylic acids is 1. The minimum atomic E-state index is -0.792. The first-order chi connectivity index (χ1) is 10.5. The van der Waals surface area contributed by atoms with E-state index in [1.54, 1.807) is 42.1 Å². The summed E-state index contributed by atoms with van der Waals surface area (Å²) in [4.78, 5) is 22.1. The predicted octanol–water partition coefficient (Wildman–Crippen LogP) is 0.994. The molecule has 0 aliphatic rings. The maximum Gasteiger partial charge on any atom is 0.244 e. The fourth-order valence-electron chi connectivity index (χ4n) is 1.82. The van der Waals surface area contributed by atoms with Gasteiger partial charge in [0, 0.05) is 26.5 Å². The van der Waals surface area contributed by atoms with Crippen molar-refractivity contribution < 1.29 is 9.53 Å². The van der Waals surface area contributed by atoms with Crippen LogP contribution < -0.4 is 15.0 Å². The van der Waals surface area contributed by atoms with Gasteiger partial charge in [0.1, 0.15) is 17.4 Å². The molecule has 0 aliphatic heterocycles. The van der Waals surface area contributed by atoms with Gasteiger partial charge in [-0.05, 0) is 6.07 Å². The van der Waals surface area contributed by atoms with Crippen LogP contribution >= 0.6 is 11.6 Å². The third-order valence-corrected chi connectivity index (χ3v) is 3.18. The number of halogens is 1. The molecule has 1 unspecified atom stereocenters. The van der Waals surface area contributed by atoms with Crippen LogP contribution in [0.3, 0.4) is 0 Å². The first kappa shape index (κ1) is 16.0. The standard InChI is InChI=1S/C13H17ClN6O2/c1-19(2)11-10(13(22-3)16-8-15-11)18-12(21)9(14)7-20-6-4-5-17-20/h4-6,8-9H,7H2,1-3H3,(H,18,21). The lowest BCUT2D eigenvalue weighted by molar-refractivity contribution is -0.116. The minimum absolute atomic E-state index is 0.258. The minimum Gasteiger partial charge on any atom is -0.479 e. The molecule has 0 bridgehead atoms. The Bertz CT molecular complexity index is 631. The number of hydrogen-bond acceptors (Lipinski definition) is 6. The van der Waals surface area contributed by atoms with Gasteiger partial charge in [-0.3, -0.25) is 9.48 Å². The molecule has 2 aromatic heterocycles. The highest BCUT2D eigenvalue weighted by atomic mass is 35.5. The first-order valence-electron chi connectivity index (χ1n) is 6.51. The van der Waals surface area contributed by atoms with Gasteiger partial charge in [0.25, 0.3) is 0 Å². The molecule has 0 fully saturated rings. The topological polar surface area (TPSA) is 85.2 Å². The summed E-state index contributed by atoms with van der Waals surface area (Å²) >= 11 is 6.13. The molecule has 1 N–H and O–H groups in total. The molecule has 0 radical (unpaired) electrons. The number of methoxy groups -OCH3 is 1. The zero-order chi connectivity index (χ0) is 16.1. The molecule has 8 nitrogen and oxygen atoms in total. The molecule has 0 saturated heterocycles. The molecular weight excluding hydrogens is 308 g/mol. The summed E-state index contributed by atoms with van der Waals surface area (Å²) in [7, 11) is 5.08. The third kappa shape index (κ3) is 3.64. The van der Waals surface area contributed by atoms with E-state index in [9.17, 15) is 4.79 Å². The van der Waals surface area contributed by atoms with Crippen molar-refractivity contribution >= 4 is 29.0 Å². The van der Waals surface area contributed by atoms with Crippen LogP contribution in [-0.2, 0) is 11.3 Å². The molecule has 118 valence electrons. The van der Waals surface area contributed by atoms with Gasteiger partial charge in [-0.15, -0.1) is 11.6 Å². The molecule has 2 rings (SSSR count). The van der Waals surface area contributed by atoms with E-state index in [0.717, 1.165) is 0 Å². The van der Waals surface area contributed by atoms with Crippen molar-refractivity contribution in [2.75, 3.05) is 31.4 Å². The van der Waals surface area contributed by atoms with Gasteiger partial charge >= 0.3 is 0 Å². The Balaban J connectivity index is 2.16. The van der Waals surface area contributed by atoms with Crippen molar-refractivity contribution in [3.05, 3.63) is 24.8 Å². The van der Waals surface area contributed by atoms with E-state index in [-0.39, 0.29) is 18.3 Å². The van der Waals surface area contributed by atoms with Crippen LogP contribution in [0.2, 0.25) is 0 Å². The van der Waals surface area contributed by atoms with E-state index in [1.165, 1.54) is 13.4 Å². The molecular formula is C13H17ClN6O2. The second-order valence-corrected chi connectivity index (χ2v) is 5.19. The highest BCUT2D eigenvalue weighted by molar-refractivity contribution is 6.32. The van der Waals surface area contributed by atoms with Gasteiger partial charge < -0.3 is 15.0 Å². The van der Waals surface area contributed by atoms with E-state index >= 15 is 0 Å². The zero-order valence-electron chi connectivity index (χ0n) is 12.5. The monoisotopic (exact) mass is 324 g/mol. The molecule has 1 amide bonds. The van der Waals surface area contributed by atoms with Gasteiger partial charge in [0.15, 0.2) is 5.82 Å². The zero-order valence-corrected chi connectivity index (χ0v) is 13.3. The number of aromatic nitrogens is 4. The lowest BCUT2D eigenvalue weighted by Gasteiger charge is -2.19. The van der Waals surface area contributed by atoms with E-state index in [1.807, 2.05) is 0 Å². The Kier molecular flexibility index (Phi) is 5.16. The van der Waals surface area contributed by atoms with Crippen LogP contribution in [-0.4, -0.2) is 52.2 Å². The number of hydrogen-bond donors (Lipinski definition) is 1. The summed E-state index contributed by atoms with van der Waals surface area (Å²) < 4.78 is 6.76. The Morgan fingerprint density at radius 3 is 2.86 bits per heavy atom. The Hall–Kier alpha value is -2.35. The van der Waals surface area contributed by atoms with Crippen molar-refractivity contribution in [2.24, 2.45) is 0 Å². The number of nitrogens with one attached hydrogen (secondary N) is 1. The van der Waals surface area contributed by atoms with Crippen molar-refractivity contribution in [3.63, 3.8) is 0 Å². The average Bonchev–Trinajstić information content (AvgIpc) is 2.99. The average molecular weight is 325 g/mol. The van der Waals surface area contributed by atoms with Crippen molar-refractivity contribution in [2.45, 2.75) is 11.9 Å². The molecule has 22 heavy (non-hydrogen) atoms. The molecule has 9 heteroatoms. The molecule has 0 aromatic carbocycles. The Morgan fingerprint density at radius 2 is 2.27 bits per heavy atom. The van der Waals surface area contributed by atoms with Crippen molar-refractivity contribution in [3.8, 4) is 5.88 Å². The highest BCUT2D eigenvalue weighted by Gasteiger charge is 2.21. The second-order valence-electron chi connectivity index (χ2n) is 4.66. The number of rotatable bonds is 6. The normalized spacial score (nSPS) is 11.8. The number of amides is 1. The summed E-state index contributed by atoms with van der Waals surface area (Å²) in [6, 6.07) is 1.76. The number of anilines is 2. The summed E-state index contributed by atoms with van der Waals surface area (Å²) in [6.07, 6.45) is 4.73. The number of carbonyl (C=O) groups is 1. The van der Waals surface area contributed by atoms with Crippen molar-refractivity contribution in [1.82, 2.24) is 19.7 Å². The van der Waals surface area contributed by atoms with E-state index in [0.29, 0.717) is 11.5 Å². The molecule has 2 aromatic rings. The Labute approximate surface area is 133 Å². The SMILES string of the molecule is COc1ncnc(N(C)C)c1NC(=O)C(Cl)Cn1cccn1. The van der Waals surface area contributed by atoms with Crippen LogP contribution in [0.5, 0.6) is 5.88 Å². The van der Waals surface area contributed by atoms with Crippen LogP contribution in [0.1, 0.15) is 0 Å². The second kappa shape index (κ2) is 7.08. The molecule has 0 saturated carbocycles. The van der Waals surface area contributed by atoms with Crippen molar-refractivity contribution in [1.29, 1.82) is 0 Å². The first-order valence-corrected chi connectivity index (χ1v) is 6.95. The lowest BCUT2D eigenvalue weighted by atomic mass is 10.3. The van der Waals surface area contributed by atoms with Crippen LogP contribution in [0, 0.1) is 0 Å². The largest absolute Gasteiger partial charge is 0.479 e. The van der Waals surface area contributed by atoms with Crippen LogP contribution in [0.4, 0.5) is 11.5 Å². The number of ether oxygens (including phenoxy) is 1. The third-order valence-electron chi connectivity index (χ3n) is 2.85. The Morgan fingerprint density at radius 1 is 1.50 bits per heavy atom. The number of alkyl halides is 1.